The van der Waals surface area contributed by atoms with Gasteiger partial charge in [-0.25, -0.2) is 4.79 Å². The monoisotopic (exact) mass is 543 g/mol. The zero-order valence-electron chi connectivity index (χ0n) is 21.4. The molecule has 5 nitrogen and oxygen atoms in total. The van der Waals surface area contributed by atoms with E-state index in [4.69, 9.17) is 14.2 Å². The molecular formula is C29H28F3NO4S. The molecule has 1 atom stereocenters. The molecule has 0 aliphatic rings. The molecule has 38 heavy (non-hydrogen) atoms. The second-order valence-electron chi connectivity index (χ2n) is 8.80. The van der Waals surface area contributed by atoms with Gasteiger partial charge in [0.05, 0.1) is 19.8 Å². The summed E-state index contributed by atoms with van der Waals surface area (Å²) in [6.07, 6.45) is -4.53. The van der Waals surface area contributed by atoms with Gasteiger partial charge in [-0.1, -0.05) is 18.2 Å². The molecular weight excluding hydrogens is 515 g/mol. The van der Waals surface area contributed by atoms with Gasteiger partial charge in [0.1, 0.15) is 23.0 Å². The predicted molar refractivity (Wildman–Crippen MR) is 143 cm³/mol. The van der Waals surface area contributed by atoms with Crippen molar-refractivity contribution >= 4 is 27.4 Å². The van der Waals surface area contributed by atoms with Crippen LogP contribution in [0.5, 0.6) is 11.5 Å². The molecule has 3 aromatic carbocycles. The zero-order chi connectivity index (χ0) is 27.4. The highest BCUT2D eigenvalue weighted by Crippen LogP contribution is 2.38. The third-order valence-electron chi connectivity index (χ3n) is 6.29. The van der Waals surface area contributed by atoms with Crippen molar-refractivity contribution in [1.82, 2.24) is 5.32 Å². The number of alkyl halides is 3. The van der Waals surface area contributed by atoms with Crippen molar-refractivity contribution in [2.75, 3.05) is 27.4 Å². The van der Waals surface area contributed by atoms with E-state index in [1.165, 1.54) is 18.4 Å². The van der Waals surface area contributed by atoms with Crippen molar-refractivity contribution in [2.24, 2.45) is 0 Å². The maximum atomic E-state index is 13.7. The fraction of sp³-hybridized carbons (Fsp3) is 0.276. The SMILES string of the molecule is COC(=O)c1sc2ccc(-c3cc(OCCNC(C)c4cccc(OC)c4)cc(C(F)(F)F)c3)cc2c1C. The molecule has 1 N–H and O–H groups in total. The molecule has 0 spiro atoms. The number of carbonyl (C=O) groups excluding carboxylic acids is 1. The van der Waals surface area contributed by atoms with Crippen LogP contribution in [0.15, 0.2) is 60.7 Å². The van der Waals surface area contributed by atoms with E-state index in [1.807, 2.05) is 31.2 Å². The minimum atomic E-state index is -4.53. The summed E-state index contributed by atoms with van der Waals surface area (Å²) in [4.78, 5) is 12.5. The number of benzene rings is 3. The van der Waals surface area contributed by atoms with Crippen molar-refractivity contribution in [3.8, 4) is 22.6 Å². The highest BCUT2D eigenvalue weighted by atomic mass is 32.1. The molecule has 1 aromatic heterocycles. The van der Waals surface area contributed by atoms with Crippen LogP contribution in [-0.2, 0) is 10.9 Å². The van der Waals surface area contributed by atoms with Gasteiger partial charge in [-0.3, -0.25) is 0 Å². The van der Waals surface area contributed by atoms with Crippen LogP contribution in [-0.4, -0.2) is 33.3 Å². The number of ether oxygens (including phenoxy) is 3. The maximum Gasteiger partial charge on any atom is 0.416 e. The number of nitrogens with one attached hydrogen (secondary N) is 1. The molecule has 1 heterocycles. The van der Waals surface area contributed by atoms with Gasteiger partial charge in [-0.2, -0.15) is 13.2 Å². The van der Waals surface area contributed by atoms with Gasteiger partial charge in [0.15, 0.2) is 0 Å². The van der Waals surface area contributed by atoms with Crippen molar-refractivity contribution in [2.45, 2.75) is 26.1 Å². The molecule has 0 saturated heterocycles. The fourth-order valence-corrected chi connectivity index (χ4v) is 5.28. The average molecular weight is 544 g/mol. The number of esters is 1. The molecule has 0 radical (unpaired) electrons. The van der Waals surface area contributed by atoms with Crippen LogP contribution in [0.4, 0.5) is 13.2 Å². The molecule has 0 bridgehead atoms. The molecule has 4 rings (SSSR count). The lowest BCUT2D eigenvalue weighted by Crippen LogP contribution is -2.24. The summed E-state index contributed by atoms with van der Waals surface area (Å²) in [6.45, 7) is 4.40. The van der Waals surface area contributed by atoms with Crippen LogP contribution in [0.25, 0.3) is 21.2 Å². The molecule has 0 aliphatic heterocycles. The summed E-state index contributed by atoms with van der Waals surface area (Å²) in [7, 11) is 2.92. The van der Waals surface area contributed by atoms with Gasteiger partial charge in [0.25, 0.3) is 0 Å². The van der Waals surface area contributed by atoms with Crippen LogP contribution in [0, 0.1) is 6.92 Å². The normalized spacial score (nSPS) is 12.4. The number of hydrogen-bond acceptors (Lipinski definition) is 6. The standard InChI is InChI=1S/C29H28F3NO4S/c1-17-25-15-20(8-9-26(25)38-27(17)28(34)36-4)21-12-22(29(30,31)32)16-24(14-21)37-11-10-33-18(2)19-6-5-7-23(13-19)35-3/h5-9,12-16,18,33H,10-11H2,1-4H3. The van der Waals surface area contributed by atoms with E-state index in [0.29, 0.717) is 22.5 Å². The summed E-state index contributed by atoms with van der Waals surface area (Å²) in [5, 5.41) is 4.11. The second-order valence-corrected chi connectivity index (χ2v) is 9.86. The van der Waals surface area contributed by atoms with Gasteiger partial charge < -0.3 is 19.5 Å². The lowest BCUT2D eigenvalue weighted by Gasteiger charge is -2.17. The number of methoxy groups -OCH3 is 2. The number of aryl methyl sites for hydroxylation is 1. The number of hydrogen-bond donors (Lipinski definition) is 1. The molecule has 0 saturated carbocycles. The molecule has 0 amide bonds. The maximum absolute atomic E-state index is 13.7. The fourth-order valence-electron chi connectivity index (χ4n) is 4.17. The Morgan fingerprint density at radius 2 is 1.79 bits per heavy atom. The minimum Gasteiger partial charge on any atom is -0.497 e. The summed E-state index contributed by atoms with van der Waals surface area (Å²) in [6, 6.07) is 16.7. The average Bonchev–Trinajstić information content (AvgIpc) is 3.25. The predicted octanol–water partition coefficient (Wildman–Crippen LogP) is 7.42. The van der Waals surface area contributed by atoms with Crippen molar-refractivity contribution in [1.29, 1.82) is 0 Å². The van der Waals surface area contributed by atoms with E-state index < -0.39 is 17.7 Å². The molecule has 0 fully saturated rings. The number of carbonyl (C=O) groups is 1. The Labute approximate surface area is 223 Å². The van der Waals surface area contributed by atoms with Gasteiger partial charge in [-0.05, 0) is 84.0 Å². The Balaban J connectivity index is 1.54. The van der Waals surface area contributed by atoms with Gasteiger partial charge >= 0.3 is 12.1 Å². The largest absolute Gasteiger partial charge is 0.497 e. The first-order chi connectivity index (χ1) is 18.1. The van der Waals surface area contributed by atoms with Crippen LogP contribution >= 0.6 is 11.3 Å². The lowest BCUT2D eigenvalue weighted by molar-refractivity contribution is -0.137. The Bertz CT molecular complexity index is 1450. The van der Waals surface area contributed by atoms with E-state index in [-0.39, 0.29) is 18.4 Å². The Kier molecular flexibility index (Phi) is 8.28. The summed E-state index contributed by atoms with van der Waals surface area (Å²) in [5.74, 6) is 0.443. The van der Waals surface area contributed by atoms with Crippen LogP contribution in [0.1, 0.15) is 39.3 Å². The summed E-state index contributed by atoms with van der Waals surface area (Å²) < 4.78 is 57.9. The zero-order valence-corrected chi connectivity index (χ0v) is 22.3. The number of rotatable bonds is 9. The highest BCUT2D eigenvalue weighted by molar-refractivity contribution is 7.21. The first-order valence-corrected chi connectivity index (χ1v) is 12.8. The highest BCUT2D eigenvalue weighted by Gasteiger charge is 2.31. The van der Waals surface area contributed by atoms with Crippen LogP contribution < -0.4 is 14.8 Å². The van der Waals surface area contributed by atoms with Gasteiger partial charge in [0, 0.05) is 17.3 Å². The lowest BCUT2D eigenvalue weighted by atomic mass is 10.00. The van der Waals surface area contributed by atoms with Gasteiger partial charge in [-0.15, -0.1) is 11.3 Å². The van der Waals surface area contributed by atoms with Crippen LogP contribution in [0.2, 0.25) is 0 Å². The van der Waals surface area contributed by atoms with Gasteiger partial charge in [0.2, 0.25) is 0 Å². The first-order valence-electron chi connectivity index (χ1n) is 11.9. The quantitative estimate of drug-likeness (QED) is 0.176. The summed E-state index contributed by atoms with van der Waals surface area (Å²) in [5.41, 5.74) is 1.94. The molecule has 4 aromatic rings. The van der Waals surface area contributed by atoms with E-state index in [0.717, 1.165) is 39.1 Å². The number of fused-ring (bicyclic) bond motifs is 1. The number of thiophene rings is 1. The summed E-state index contributed by atoms with van der Waals surface area (Å²) >= 11 is 1.29. The van der Waals surface area contributed by atoms with E-state index >= 15 is 0 Å². The molecule has 0 aliphatic carbocycles. The third kappa shape index (κ3) is 6.11. The Morgan fingerprint density at radius 3 is 2.50 bits per heavy atom. The van der Waals surface area contributed by atoms with E-state index in [2.05, 4.69) is 5.32 Å². The van der Waals surface area contributed by atoms with Crippen molar-refractivity contribution < 1.29 is 32.2 Å². The van der Waals surface area contributed by atoms with Crippen molar-refractivity contribution in [3.05, 3.63) is 82.2 Å². The van der Waals surface area contributed by atoms with E-state index in [1.54, 1.807) is 38.3 Å². The molecule has 200 valence electrons. The van der Waals surface area contributed by atoms with E-state index in [9.17, 15) is 18.0 Å². The Morgan fingerprint density at radius 1 is 1.00 bits per heavy atom. The first kappa shape index (κ1) is 27.5. The number of halogens is 3. The second kappa shape index (κ2) is 11.4. The third-order valence-corrected chi connectivity index (χ3v) is 7.54. The van der Waals surface area contributed by atoms with Crippen LogP contribution in [0.3, 0.4) is 0 Å². The smallest absolute Gasteiger partial charge is 0.416 e. The minimum absolute atomic E-state index is 0.00114. The topological polar surface area (TPSA) is 56.8 Å². The molecule has 1 unspecified atom stereocenters. The molecule has 9 heteroatoms. The Hall–Kier alpha value is -3.56. The van der Waals surface area contributed by atoms with Crippen molar-refractivity contribution in [3.63, 3.8) is 0 Å².